The molecule has 11 heteroatoms. The fraction of sp³-hybridized carbons (Fsp3) is 0.487. The lowest BCUT2D eigenvalue weighted by atomic mass is 10.0. The Bertz CT molecular complexity index is 1410. The molecule has 0 saturated carbocycles. The lowest BCUT2D eigenvalue weighted by molar-refractivity contribution is -0.151. The van der Waals surface area contributed by atoms with Gasteiger partial charge in [0.2, 0.25) is 17.7 Å². The predicted octanol–water partition coefficient (Wildman–Crippen LogP) is 7.07. The predicted molar refractivity (Wildman–Crippen MR) is 188 cm³/mol. The van der Waals surface area contributed by atoms with Crippen LogP contribution >= 0.6 is 0 Å². The first-order valence-electron chi connectivity index (χ1n) is 17.8. The Kier molecular flexibility index (Phi) is 18.7. The summed E-state index contributed by atoms with van der Waals surface area (Å²) in [5.74, 6) is -2.82. The normalized spacial score (nSPS) is 11.4. The molecule has 0 saturated heterocycles. The number of carbonyl (C=O) groups excluding carboxylic acids is 4. The maximum atomic E-state index is 12.9. The fourth-order valence-corrected chi connectivity index (χ4v) is 5.38. The molecule has 0 aliphatic rings. The molecule has 0 unspecified atom stereocenters. The molecule has 0 spiro atoms. The summed E-state index contributed by atoms with van der Waals surface area (Å²) in [4.78, 5) is 54.8. The molecule has 0 bridgehead atoms. The van der Waals surface area contributed by atoms with Crippen LogP contribution in [0.2, 0.25) is 0 Å². The van der Waals surface area contributed by atoms with Crippen LogP contribution < -0.4 is 10.2 Å². The standard InChI is InChI=1S/C39H52N2O9/c42-34(23-17-9-7-5-3-1-2-4-6-8-10-18-24-37(45)48-29-31-19-13-11-14-20-31)40-33(39(47)49-30-32-21-15-12-16-22-32)25-28-38(46)50-41-35(43)26-27-36(41)44/h11-16,19-22,26-27,33,43-44H,1-10,17-18,23-25,28-30H2,(H,40,42)/t33-/m0/s1. The van der Waals surface area contributed by atoms with Gasteiger partial charge in [0.1, 0.15) is 19.3 Å². The van der Waals surface area contributed by atoms with Crippen LogP contribution in [0, 0.1) is 0 Å². The number of aromatic nitrogens is 1. The molecule has 3 rings (SSSR count). The number of nitrogens with zero attached hydrogens (tertiary/aromatic N) is 1. The summed E-state index contributed by atoms with van der Waals surface area (Å²) in [6, 6.07) is 20.1. The minimum absolute atomic E-state index is 0.0233. The van der Waals surface area contributed by atoms with Gasteiger partial charge in [0.25, 0.3) is 0 Å². The van der Waals surface area contributed by atoms with Crippen molar-refractivity contribution in [3.8, 4) is 11.8 Å². The number of esters is 2. The third-order valence-corrected chi connectivity index (χ3v) is 8.25. The molecule has 1 aromatic heterocycles. The van der Waals surface area contributed by atoms with Crippen molar-refractivity contribution in [3.63, 3.8) is 0 Å². The molecule has 272 valence electrons. The van der Waals surface area contributed by atoms with E-state index in [0.29, 0.717) is 24.2 Å². The third kappa shape index (κ3) is 16.5. The summed E-state index contributed by atoms with van der Waals surface area (Å²) >= 11 is 0. The maximum absolute atomic E-state index is 12.9. The lowest BCUT2D eigenvalue weighted by Crippen LogP contribution is -2.42. The van der Waals surface area contributed by atoms with Gasteiger partial charge in [0, 0.05) is 25.0 Å². The minimum Gasteiger partial charge on any atom is -0.492 e. The van der Waals surface area contributed by atoms with E-state index >= 15 is 0 Å². The molecular formula is C39H52N2O9. The molecule has 1 atom stereocenters. The SMILES string of the molecule is O=C(CCCCCCCCCCCCCCC(=O)OCc1ccccc1)N[C@@H](CCC(=O)On1c(O)ccc1O)C(=O)OCc1ccccc1. The zero-order valence-electron chi connectivity index (χ0n) is 28.9. The van der Waals surface area contributed by atoms with Crippen LogP contribution in [0.4, 0.5) is 0 Å². The highest BCUT2D eigenvalue weighted by molar-refractivity contribution is 5.85. The number of unbranched alkanes of at least 4 members (excludes halogenated alkanes) is 11. The number of amides is 1. The fourth-order valence-electron chi connectivity index (χ4n) is 5.38. The van der Waals surface area contributed by atoms with E-state index in [0.717, 1.165) is 68.2 Å². The molecule has 1 amide bonds. The molecule has 3 N–H and O–H groups in total. The Morgan fingerprint density at radius 3 is 1.54 bits per heavy atom. The van der Waals surface area contributed by atoms with Gasteiger partial charge in [-0.2, -0.15) is 0 Å². The van der Waals surface area contributed by atoms with Crippen molar-refractivity contribution in [2.24, 2.45) is 0 Å². The number of hydrogen-bond acceptors (Lipinski definition) is 9. The molecule has 0 aliphatic carbocycles. The Morgan fingerprint density at radius 1 is 0.560 bits per heavy atom. The number of nitrogens with one attached hydrogen (secondary N) is 1. The van der Waals surface area contributed by atoms with Crippen LogP contribution in [0.1, 0.15) is 114 Å². The van der Waals surface area contributed by atoms with Gasteiger partial charge in [0.05, 0.1) is 6.42 Å². The monoisotopic (exact) mass is 692 g/mol. The molecule has 2 aromatic carbocycles. The van der Waals surface area contributed by atoms with Crippen molar-refractivity contribution < 1.29 is 43.7 Å². The maximum Gasteiger partial charge on any atom is 0.333 e. The molecule has 1 heterocycles. The molecule has 3 aromatic rings. The van der Waals surface area contributed by atoms with Gasteiger partial charge in [-0.05, 0) is 30.4 Å². The van der Waals surface area contributed by atoms with Crippen molar-refractivity contribution in [3.05, 3.63) is 83.9 Å². The molecular weight excluding hydrogens is 640 g/mol. The zero-order valence-corrected chi connectivity index (χ0v) is 28.9. The first-order chi connectivity index (χ1) is 24.3. The van der Waals surface area contributed by atoms with E-state index in [4.69, 9.17) is 14.3 Å². The second kappa shape index (κ2) is 23.5. The van der Waals surface area contributed by atoms with Gasteiger partial charge in [-0.25, -0.2) is 9.59 Å². The number of aromatic hydroxyl groups is 2. The number of benzene rings is 2. The highest BCUT2D eigenvalue weighted by Crippen LogP contribution is 2.19. The largest absolute Gasteiger partial charge is 0.492 e. The van der Waals surface area contributed by atoms with Crippen LogP contribution in [-0.4, -0.2) is 44.8 Å². The van der Waals surface area contributed by atoms with Crippen molar-refractivity contribution in [2.45, 2.75) is 122 Å². The quantitative estimate of drug-likeness (QED) is 0.0625. The van der Waals surface area contributed by atoms with E-state index in [9.17, 15) is 29.4 Å². The van der Waals surface area contributed by atoms with Crippen LogP contribution in [0.25, 0.3) is 0 Å². The Morgan fingerprint density at radius 2 is 1.02 bits per heavy atom. The van der Waals surface area contributed by atoms with E-state index in [2.05, 4.69) is 5.32 Å². The zero-order chi connectivity index (χ0) is 35.8. The van der Waals surface area contributed by atoms with Gasteiger partial charge >= 0.3 is 17.9 Å². The minimum atomic E-state index is -1.06. The van der Waals surface area contributed by atoms with Crippen molar-refractivity contribution in [1.82, 2.24) is 10.0 Å². The molecule has 0 fully saturated rings. The second-order valence-electron chi connectivity index (χ2n) is 12.4. The molecule has 50 heavy (non-hydrogen) atoms. The third-order valence-electron chi connectivity index (χ3n) is 8.25. The van der Waals surface area contributed by atoms with Crippen molar-refractivity contribution in [2.75, 3.05) is 0 Å². The van der Waals surface area contributed by atoms with Crippen LogP contribution in [0.3, 0.4) is 0 Å². The average molecular weight is 693 g/mol. The van der Waals surface area contributed by atoms with E-state index < -0.39 is 29.7 Å². The summed E-state index contributed by atoms with van der Waals surface area (Å²) in [6.07, 6.45) is 13.1. The number of rotatable bonds is 25. The summed E-state index contributed by atoms with van der Waals surface area (Å²) < 4.78 is 11.3. The number of ether oxygens (including phenoxy) is 2. The van der Waals surface area contributed by atoms with Crippen LogP contribution in [-0.2, 0) is 41.9 Å². The number of hydrogen-bond donors (Lipinski definition) is 3. The first kappa shape index (κ1) is 39.6. The molecule has 0 radical (unpaired) electrons. The Labute approximate surface area is 294 Å². The van der Waals surface area contributed by atoms with E-state index in [1.807, 2.05) is 60.7 Å². The summed E-state index contributed by atoms with van der Waals surface area (Å²) in [5, 5.41) is 22.1. The number of carbonyl (C=O) groups is 4. The van der Waals surface area contributed by atoms with E-state index in [-0.39, 0.29) is 37.7 Å². The second-order valence-corrected chi connectivity index (χ2v) is 12.4. The Hall–Kier alpha value is -4.80. The summed E-state index contributed by atoms with van der Waals surface area (Å²) in [6.45, 7) is 0.359. The Balaban J connectivity index is 1.22. The average Bonchev–Trinajstić information content (AvgIpc) is 3.44. The first-order valence-corrected chi connectivity index (χ1v) is 17.8. The molecule has 0 aliphatic heterocycles. The van der Waals surface area contributed by atoms with Crippen molar-refractivity contribution in [1.29, 1.82) is 0 Å². The summed E-state index contributed by atoms with van der Waals surface area (Å²) in [7, 11) is 0. The van der Waals surface area contributed by atoms with Crippen LogP contribution in [0.15, 0.2) is 72.8 Å². The van der Waals surface area contributed by atoms with E-state index in [1.54, 1.807) is 0 Å². The van der Waals surface area contributed by atoms with Gasteiger partial charge in [-0.3, -0.25) is 9.59 Å². The van der Waals surface area contributed by atoms with Gasteiger partial charge < -0.3 is 29.8 Å². The topological polar surface area (TPSA) is 153 Å². The van der Waals surface area contributed by atoms with Gasteiger partial charge in [0.15, 0.2) is 0 Å². The summed E-state index contributed by atoms with van der Waals surface area (Å²) in [5.41, 5.74) is 1.79. The van der Waals surface area contributed by atoms with Crippen molar-refractivity contribution >= 4 is 23.8 Å². The highest BCUT2D eigenvalue weighted by atomic mass is 16.7. The van der Waals surface area contributed by atoms with E-state index in [1.165, 1.54) is 25.7 Å². The van der Waals surface area contributed by atoms with Crippen LogP contribution in [0.5, 0.6) is 11.8 Å². The smallest absolute Gasteiger partial charge is 0.333 e. The lowest BCUT2D eigenvalue weighted by Gasteiger charge is -2.18. The highest BCUT2D eigenvalue weighted by Gasteiger charge is 2.24. The van der Waals surface area contributed by atoms with Gasteiger partial charge in [-0.1, -0.05) is 125 Å². The molecule has 11 nitrogen and oxygen atoms in total. The van der Waals surface area contributed by atoms with Gasteiger partial charge in [-0.15, -0.1) is 4.73 Å².